The number of nitrogens with two attached hydrogens (primary N) is 1. The van der Waals surface area contributed by atoms with Crippen molar-refractivity contribution < 1.29 is 15.7 Å². The van der Waals surface area contributed by atoms with Gasteiger partial charge in [0.2, 0.25) is 0 Å². The van der Waals surface area contributed by atoms with Crippen molar-refractivity contribution in [1.82, 2.24) is 9.80 Å². The third kappa shape index (κ3) is 3.31. The zero-order valence-corrected chi connectivity index (χ0v) is 13.0. The Morgan fingerprint density at radius 2 is 1.86 bits per heavy atom. The van der Waals surface area contributed by atoms with Gasteiger partial charge in [-0.1, -0.05) is 0 Å². The van der Waals surface area contributed by atoms with Gasteiger partial charge in [-0.25, -0.2) is 0 Å². The topological polar surface area (TPSA) is 45.0 Å². The number of hydrogen-bond donors (Lipinski definition) is 1. The van der Waals surface area contributed by atoms with E-state index >= 15 is 0 Å². The van der Waals surface area contributed by atoms with Crippen LogP contribution in [0.2, 0.25) is 0 Å². The molecule has 2 fully saturated rings. The average molecular weight is 312 g/mol. The van der Waals surface area contributed by atoms with Gasteiger partial charge in [0.1, 0.15) is 5.75 Å². The molecule has 3 rings (SSSR count). The van der Waals surface area contributed by atoms with Crippen molar-refractivity contribution >= 4 is 11.4 Å². The van der Waals surface area contributed by atoms with E-state index in [1.165, 1.54) is 0 Å². The van der Waals surface area contributed by atoms with Crippen molar-refractivity contribution in [3.63, 3.8) is 0 Å². The highest BCUT2D eigenvalue weighted by Gasteiger charge is 2.27. The molecule has 0 unspecified atom stereocenters. The highest BCUT2D eigenvalue weighted by molar-refractivity contribution is 5.64. The minimum absolute atomic E-state index is 0.336. The number of ether oxygens (including phenoxy) is 1. The molecule has 2 aliphatic rings. The standard InChI is InChI=1S/C17H28N4O/c1-19-9-11-20(12-10-19)15-5-7-21(8-6-15)16-4-3-14(18)13-17(16)22-2/h3-4,13,15H,5-12,18H2,1-2H3/i9D2,10D2,11D2,12D2. The first-order valence-electron chi connectivity index (χ1n) is 11.4. The average Bonchev–Trinajstić information content (AvgIpc) is 2.66. The molecule has 5 nitrogen and oxygen atoms in total. The van der Waals surface area contributed by atoms with Crippen molar-refractivity contribution in [2.75, 3.05) is 63.9 Å². The summed E-state index contributed by atoms with van der Waals surface area (Å²) >= 11 is 0. The Morgan fingerprint density at radius 3 is 2.50 bits per heavy atom. The molecule has 0 radical (unpaired) electrons. The third-order valence-electron chi connectivity index (χ3n) is 4.05. The SMILES string of the molecule is [2H]C1([2H])N(C)C([2H])([2H])C([2H])([2H])N(C2CCN(c3ccc(N)cc3OC)CC2)C1([2H])[2H]. The molecule has 0 spiro atoms. The van der Waals surface area contributed by atoms with Crippen LogP contribution in [-0.4, -0.2) is 69.1 Å². The normalized spacial score (nSPS) is 36.5. The molecule has 122 valence electrons. The summed E-state index contributed by atoms with van der Waals surface area (Å²) in [6.07, 6.45) is 0.671. The molecule has 1 aromatic carbocycles. The van der Waals surface area contributed by atoms with Gasteiger partial charge in [-0.15, -0.1) is 0 Å². The van der Waals surface area contributed by atoms with Gasteiger partial charge in [0.15, 0.2) is 0 Å². The predicted octanol–water partition coefficient (Wildman–Crippen LogP) is 1.49. The zero-order valence-electron chi connectivity index (χ0n) is 21.0. The maximum Gasteiger partial charge on any atom is 0.144 e. The first-order valence-corrected chi connectivity index (χ1v) is 7.41. The Bertz CT molecular complexity index is 770. The second kappa shape index (κ2) is 6.75. The van der Waals surface area contributed by atoms with Crippen LogP contribution in [0.15, 0.2) is 18.2 Å². The zero-order chi connectivity index (χ0) is 22.7. The molecular formula is C17H28N4O. The van der Waals surface area contributed by atoms with Crippen molar-refractivity contribution in [3.8, 4) is 5.75 Å². The quantitative estimate of drug-likeness (QED) is 0.857. The molecule has 5 heteroatoms. The van der Waals surface area contributed by atoms with E-state index in [4.69, 9.17) is 21.4 Å². The van der Waals surface area contributed by atoms with Crippen LogP contribution >= 0.6 is 0 Å². The number of methoxy groups -OCH3 is 1. The van der Waals surface area contributed by atoms with Gasteiger partial charge in [0.25, 0.3) is 0 Å². The molecule has 2 N–H and O–H groups in total. The summed E-state index contributed by atoms with van der Waals surface area (Å²) in [5.41, 5.74) is 7.19. The van der Waals surface area contributed by atoms with E-state index < -0.39 is 32.0 Å². The largest absolute Gasteiger partial charge is 0.495 e. The summed E-state index contributed by atoms with van der Waals surface area (Å²) in [6, 6.07) is 4.62. The Hall–Kier alpha value is -1.46. The van der Waals surface area contributed by atoms with E-state index in [-0.39, 0.29) is 0 Å². The fourth-order valence-corrected chi connectivity index (χ4v) is 2.82. The summed E-state index contributed by atoms with van der Waals surface area (Å²) < 4.78 is 71.8. The number of anilines is 2. The van der Waals surface area contributed by atoms with Crippen LogP contribution in [0.4, 0.5) is 11.4 Å². The highest BCUT2D eigenvalue weighted by Crippen LogP contribution is 2.32. The van der Waals surface area contributed by atoms with E-state index in [0.717, 1.165) is 17.6 Å². The number of likely N-dealkylation sites (N-methyl/N-ethyl adjacent to an activating group) is 1. The lowest BCUT2D eigenvalue weighted by molar-refractivity contribution is 0.0981. The van der Waals surface area contributed by atoms with Crippen LogP contribution in [0.3, 0.4) is 0 Å². The van der Waals surface area contributed by atoms with Crippen molar-refractivity contribution in [2.45, 2.75) is 18.9 Å². The van der Waals surface area contributed by atoms with Gasteiger partial charge in [-0.2, -0.15) is 0 Å². The summed E-state index contributed by atoms with van der Waals surface area (Å²) in [4.78, 5) is 3.32. The minimum Gasteiger partial charge on any atom is -0.495 e. The molecule has 2 saturated heterocycles. The molecule has 2 heterocycles. The number of piperazine rings is 1. The van der Waals surface area contributed by atoms with E-state index in [1.54, 1.807) is 19.2 Å². The van der Waals surface area contributed by atoms with Crippen LogP contribution in [0.25, 0.3) is 0 Å². The second-order valence-corrected chi connectivity index (χ2v) is 5.53. The summed E-state index contributed by atoms with van der Waals surface area (Å²) in [7, 11) is 2.62. The van der Waals surface area contributed by atoms with Crippen LogP contribution in [0.1, 0.15) is 23.8 Å². The van der Waals surface area contributed by atoms with Crippen molar-refractivity contribution in [3.05, 3.63) is 18.2 Å². The fraction of sp³-hybridized carbons (Fsp3) is 0.647. The van der Waals surface area contributed by atoms with Gasteiger partial charge >= 0.3 is 0 Å². The van der Waals surface area contributed by atoms with E-state index in [0.29, 0.717) is 42.3 Å². The highest BCUT2D eigenvalue weighted by atomic mass is 16.5. The Morgan fingerprint density at radius 1 is 1.18 bits per heavy atom. The Kier molecular flexibility index (Phi) is 2.58. The first kappa shape index (κ1) is 8.41. The number of benzene rings is 1. The maximum absolute atomic E-state index is 8.41. The lowest BCUT2D eigenvalue weighted by atomic mass is 10.0. The molecular weight excluding hydrogens is 276 g/mol. The minimum atomic E-state index is -2.73. The molecule has 0 bridgehead atoms. The molecule has 0 atom stereocenters. The van der Waals surface area contributed by atoms with Crippen molar-refractivity contribution in [2.24, 2.45) is 0 Å². The monoisotopic (exact) mass is 312 g/mol. The second-order valence-electron chi connectivity index (χ2n) is 5.53. The molecule has 0 aliphatic carbocycles. The van der Waals surface area contributed by atoms with Crippen LogP contribution in [0.5, 0.6) is 5.75 Å². The van der Waals surface area contributed by atoms with Gasteiger partial charge in [-0.3, -0.25) is 4.90 Å². The van der Waals surface area contributed by atoms with Crippen LogP contribution < -0.4 is 15.4 Å². The smallest absolute Gasteiger partial charge is 0.144 e. The number of piperidine rings is 1. The van der Waals surface area contributed by atoms with Gasteiger partial charge < -0.3 is 20.3 Å². The van der Waals surface area contributed by atoms with Crippen LogP contribution in [-0.2, 0) is 0 Å². The van der Waals surface area contributed by atoms with Crippen molar-refractivity contribution in [1.29, 1.82) is 0 Å². The number of nitrogens with zero attached hydrogens (tertiary/aromatic N) is 3. The first-order chi connectivity index (χ1) is 13.7. The lowest BCUT2D eigenvalue weighted by Crippen LogP contribution is -2.52. The molecule has 2 aliphatic heterocycles. The molecule has 0 aromatic heterocycles. The number of hydrogen-bond acceptors (Lipinski definition) is 5. The molecule has 0 saturated carbocycles. The van der Waals surface area contributed by atoms with E-state index in [1.807, 2.05) is 11.0 Å². The Labute approximate surface area is 144 Å². The summed E-state index contributed by atoms with van der Waals surface area (Å²) in [5, 5.41) is 0. The lowest BCUT2D eigenvalue weighted by Gasteiger charge is -2.42. The summed E-state index contributed by atoms with van der Waals surface area (Å²) in [6.45, 7) is -10.0. The number of nitrogen functional groups attached to an aromatic ring is 1. The molecule has 22 heavy (non-hydrogen) atoms. The van der Waals surface area contributed by atoms with Gasteiger partial charge in [0.05, 0.1) is 12.8 Å². The number of rotatable bonds is 3. The predicted molar refractivity (Wildman–Crippen MR) is 91.7 cm³/mol. The van der Waals surface area contributed by atoms with Crippen LogP contribution in [0, 0.1) is 0 Å². The molecule has 1 aromatic rings. The molecule has 0 amide bonds. The third-order valence-corrected chi connectivity index (χ3v) is 4.05. The fourth-order valence-electron chi connectivity index (χ4n) is 2.82. The Balaban J connectivity index is 1.88. The van der Waals surface area contributed by atoms with E-state index in [9.17, 15) is 0 Å². The summed E-state index contributed by atoms with van der Waals surface area (Å²) in [5.74, 6) is 0.603. The van der Waals surface area contributed by atoms with Gasteiger partial charge in [0, 0.05) is 67.8 Å². The maximum atomic E-state index is 8.41. The van der Waals surface area contributed by atoms with E-state index in [2.05, 4.69) is 0 Å². The van der Waals surface area contributed by atoms with Gasteiger partial charge in [-0.05, 0) is 32.0 Å².